The van der Waals surface area contributed by atoms with Gasteiger partial charge < -0.3 is 75.1 Å². The van der Waals surface area contributed by atoms with E-state index in [1.807, 2.05) is 0 Å². The molecular weight excluding hydrogens is 786 g/mol. The Hall–Kier alpha value is -5.95. The van der Waals surface area contributed by atoms with Crippen molar-refractivity contribution in [3.63, 3.8) is 0 Å². The molecule has 10 amide bonds. The van der Waals surface area contributed by atoms with Crippen LogP contribution in [0, 0.1) is 11.8 Å². The third-order valence-electron chi connectivity index (χ3n) is 8.45. The van der Waals surface area contributed by atoms with Crippen molar-refractivity contribution in [3.8, 4) is 0 Å². The lowest BCUT2D eigenvalue weighted by molar-refractivity contribution is -0.143. The number of carbonyl (C=O) groups is 11. The molecule has 0 fully saturated rings. The van der Waals surface area contributed by atoms with Crippen molar-refractivity contribution in [1.82, 2.24) is 42.5 Å². The summed E-state index contributed by atoms with van der Waals surface area (Å²) in [6.45, 7) is 4.65. The van der Waals surface area contributed by atoms with Crippen LogP contribution in [0.5, 0.6) is 0 Å². The van der Waals surface area contributed by atoms with Crippen LogP contribution in [-0.4, -0.2) is 149 Å². The van der Waals surface area contributed by atoms with Gasteiger partial charge in [0.2, 0.25) is 59.1 Å². The number of nitrogens with one attached hydrogen (secondary N) is 8. The summed E-state index contributed by atoms with van der Waals surface area (Å²) >= 11 is 0. The lowest BCUT2D eigenvalue weighted by atomic mass is 9.97. The number of carboxylic acid groups (broad SMARTS) is 1. The molecule has 0 aliphatic carbocycles. The fourth-order valence-corrected chi connectivity index (χ4v) is 4.93. The molecule has 0 aromatic rings. The van der Waals surface area contributed by atoms with Gasteiger partial charge >= 0.3 is 5.97 Å². The van der Waals surface area contributed by atoms with Crippen molar-refractivity contribution in [3.05, 3.63) is 0 Å². The Kier molecular flexibility index (Phi) is 24.2. The summed E-state index contributed by atoms with van der Waals surface area (Å²) in [5.74, 6) is -11.3. The van der Waals surface area contributed by atoms with Crippen LogP contribution in [0.2, 0.25) is 0 Å². The number of amides is 10. The molecule has 0 aromatic carbocycles. The maximum absolute atomic E-state index is 13.3. The van der Waals surface area contributed by atoms with Crippen LogP contribution >= 0.6 is 0 Å². The van der Waals surface area contributed by atoms with Crippen molar-refractivity contribution >= 4 is 65.0 Å². The lowest BCUT2D eigenvalue weighted by Gasteiger charge is -2.27. The highest BCUT2D eigenvalue weighted by atomic mass is 16.4. The number of hydrogen-bond acceptors (Lipinski definition) is 14. The zero-order chi connectivity index (χ0) is 45.6. The van der Waals surface area contributed by atoms with Crippen LogP contribution in [0.4, 0.5) is 0 Å². The molecule has 0 aliphatic heterocycles. The highest BCUT2D eigenvalue weighted by Gasteiger charge is 2.33. The minimum atomic E-state index is -1.66. The molecule has 0 spiro atoms. The summed E-state index contributed by atoms with van der Waals surface area (Å²) in [7, 11) is 0. The topological polar surface area (TPSA) is 423 Å². The average Bonchev–Trinajstić information content (AvgIpc) is 3.15. The molecule has 0 radical (unpaired) electrons. The maximum atomic E-state index is 13.3. The van der Waals surface area contributed by atoms with E-state index in [2.05, 4.69) is 42.5 Å². The normalized spacial score (nSPS) is 14.9. The number of carboxylic acids is 1. The first-order valence-electron chi connectivity index (χ1n) is 18.6. The zero-order valence-electron chi connectivity index (χ0n) is 33.6. The van der Waals surface area contributed by atoms with E-state index in [4.69, 9.17) is 22.3 Å². The van der Waals surface area contributed by atoms with Gasteiger partial charge in [0.1, 0.15) is 36.3 Å². The van der Waals surface area contributed by atoms with Crippen molar-refractivity contribution in [2.24, 2.45) is 29.0 Å². The van der Waals surface area contributed by atoms with Gasteiger partial charge in [-0.3, -0.25) is 47.9 Å². The van der Waals surface area contributed by atoms with E-state index in [-0.39, 0.29) is 25.2 Å². The van der Waals surface area contributed by atoms with Crippen LogP contribution in [0.3, 0.4) is 0 Å². The van der Waals surface area contributed by atoms with E-state index in [0.717, 1.165) is 0 Å². The van der Waals surface area contributed by atoms with E-state index < -0.39 is 146 Å². The van der Waals surface area contributed by atoms with Gasteiger partial charge in [0.25, 0.3) is 0 Å². The minimum absolute atomic E-state index is 0.0592. The van der Waals surface area contributed by atoms with Gasteiger partial charge in [0.15, 0.2) is 0 Å². The highest BCUT2D eigenvalue weighted by molar-refractivity contribution is 5.97. The number of aliphatic hydroxyl groups is 2. The second kappa shape index (κ2) is 26.9. The monoisotopic (exact) mass is 845 g/mol. The largest absolute Gasteiger partial charge is 0.480 e. The number of hydrogen-bond donors (Lipinski definition) is 14. The first-order chi connectivity index (χ1) is 27.5. The summed E-state index contributed by atoms with van der Waals surface area (Å²) < 4.78 is 0. The summed E-state index contributed by atoms with van der Waals surface area (Å²) in [5, 5.41) is 46.4. The Morgan fingerprint density at radius 1 is 0.576 bits per heavy atom. The molecule has 0 aliphatic rings. The third kappa shape index (κ3) is 20.9. The van der Waals surface area contributed by atoms with Gasteiger partial charge in [-0.2, -0.15) is 0 Å². The quantitative estimate of drug-likeness (QED) is 0.0348. The molecule has 0 saturated carbocycles. The van der Waals surface area contributed by atoms with Crippen molar-refractivity contribution in [2.75, 3.05) is 26.3 Å². The minimum Gasteiger partial charge on any atom is -0.480 e. The molecule has 59 heavy (non-hydrogen) atoms. The van der Waals surface area contributed by atoms with Crippen LogP contribution in [0.1, 0.15) is 66.7 Å². The molecule has 0 heterocycles. The molecule has 0 rings (SSSR count). The fraction of sp³-hybridized carbons (Fsp3) is 0.676. The molecule has 17 N–H and O–H groups in total. The fourth-order valence-electron chi connectivity index (χ4n) is 4.93. The van der Waals surface area contributed by atoms with Crippen LogP contribution in [0.15, 0.2) is 0 Å². The Morgan fingerprint density at radius 3 is 1.58 bits per heavy atom. The Bertz CT molecular complexity index is 1530. The SMILES string of the molecule is CC[C@H](C)[C@H](NC(=O)[C@H](CO)NC(=O)[C@H](C)NC(=O)CNC(=O)[C@H](CCC(N)=O)NC(=O)[C@H](CC(C)C)NC(=O)CNC(=O)[C@@H](N)CC(N)=O)C(=O)N[C@@H](CO)C(=O)O. The van der Waals surface area contributed by atoms with Crippen molar-refractivity contribution in [1.29, 1.82) is 0 Å². The zero-order valence-corrected chi connectivity index (χ0v) is 33.6. The molecule has 0 bridgehead atoms. The van der Waals surface area contributed by atoms with Crippen molar-refractivity contribution < 1.29 is 68.1 Å². The smallest absolute Gasteiger partial charge is 0.328 e. The number of primary amides is 2. The number of rotatable bonds is 28. The third-order valence-corrected chi connectivity index (χ3v) is 8.45. The summed E-state index contributed by atoms with van der Waals surface area (Å²) in [6, 6.07) is -10.0. The Labute approximate surface area is 339 Å². The molecule has 0 unspecified atom stereocenters. The molecule has 8 atom stereocenters. The van der Waals surface area contributed by atoms with E-state index >= 15 is 0 Å². The molecular formula is C34H59N11O14. The second-order valence-corrected chi connectivity index (χ2v) is 14.0. The van der Waals surface area contributed by atoms with Crippen LogP contribution in [0.25, 0.3) is 0 Å². The number of carbonyl (C=O) groups excluding carboxylic acids is 10. The van der Waals surface area contributed by atoms with Crippen LogP contribution < -0.4 is 59.7 Å². The predicted octanol–water partition coefficient (Wildman–Crippen LogP) is -7.22. The Balaban J connectivity index is 5.56. The first kappa shape index (κ1) is 53.0. The van der Waals surface area contributed by atoms with Gasteiger partial charge in [0.05, 0.1) is 38.8 Å². The summed E-state index contributed by atoms with van der Waals surface area (Å²) in [4.78, 5) is 136. The average molecular weight is 846 g/mol. The highest BCUT2D eigenvalue weighted by Crippen LogP contribution is 2.10. The van der Waals surface area contributed by atoms with E-state index in [1.165, 1.54) is 6.92 Å². The molecule has 25 nitrogen and oxygen atoms in total. The lowest BCUT2D eigenvalue weighted by Crippen LogP contribution is -2.60. The molecule has 0 saturated heterocycles. The van der Waals surface area contributed by atoms with Gasteiger partial charge in [-0.1, -0.05) is 34.1 Å². The van der Waals surface area contributed by atoms with Gasteiger partial charge in [-0.25, -0.2) is 4.79 Å². The predicted molar refractivity (Wildman–Crippen MR) is 204 cm³/mol. The number of aliphatic hydroxyl groups excluding tert-OH is 2. The van der Waals surface area contributed by atoms with Gasteiger partial charge in [0, 0.05) is 6.42 Å². The first-order valence-corrected chi connectivity index (χ1v) is 18.6. The molecule has 25 heteroatoms. The van der Waals surface area contributed by atoms with Gasteiger partial charge in [-0.15, -0.1) is 0 Å². The van der Waals surface area contributed by atoms with Gasteiger partial charge in [-0.05, 0) is 31.6 Å². The number of nitrogens with two attached hydrogens (primary N) is 3. The van der Waals surface area contributed by atoms with E-state index in [1.54, 1.807) is 27.7 Å². The van der Waals surface area contributed by atoms with Crippen LogP contribution in [-0.2, 0) is 52.7 Å². The molecule has 0 aromatic heterocycles. The summed E-state index contributed by atoms with van der Waals surface area (Å²) in [5.41, 5.74) is 15.8. The Morgan fingerprint density at radius 2 is 1.08 bits per heavy atom. The van der Waals surface area contributed by atoms with E-state index in [0.29, 0.717) is 6.42 Å². The number of aliphatic carboxylic acids is 1. The van der Waals surface area contributed by atoms with E-state index in [9.17, 15) is 63.0 Å². The second-order valence-electron chi connectivity index (χ2n) is 14.0. The summed E-state index contributed by atoms with van der Waals surface area (Å²) in [6.07, 6.45) is -0.784. The molecule has 334 valence electrons. The van der Waals surface area contributed by atoms with Crippen molar-refractivity contribution in [2.45, 2.75) is 109 Å². The maximum Gasteiger partial charge on any atom is 0.328 e. The standard InChI is InChI=1S/C34H59N11O14/c1-6-16(4)27(33(57)44-22(14-47)34(58)59)45-32(56)21(13-46)43-28(52)17(5)40-25(50)11-39-30(54)19(7-8-23(36)48)42-31(55)20(9-15(2)3)41-26(51)12-38-29(53)18(35)10-24(37)49/h15-22,27,46-47H,6-14,35H2,1-5H3,(H2,36,48)(H2,37,49)(H,38,53)(H,39,54)(H,40,50)(H,41,51)(H,42,55)(H,43,52)(H,44,57)(H,45,56)(H,58,59)/t16-,17-,18-,19-,20-,21-,22-,27-/m0/s1.